The Labute approximate surface area is 164 Å². The van der Waals surface area contributed by atoms with E-state index in [1.54, 1.807) is 0 Å². The number of unbranched alkanes of at least 4 members (excludes halogenated alkanes) is 1. The molecule has 1 aromatic rings. The molecule has 1 rings (SSSR count). The van der Waals surface area contributed by atoms with E-state index in [4.69, 9.17) is 0 Å². The number of hydrogen-bond donors (Lipinski definition) is 3. The van der Waals surface area contributed by atoms with Gasteiger partial charge in [-0.15, -0.1) is 24.0 Å². The van der Waals surface area contributed by atoms with Gasteiger partial charge in [0.15, 0.2) is 5.96 Å². The van der Waals surface area contributed by atoms with Crippen LogP contribution in [-0.4, -0.2) is 37.1 Å². The zero-order chi connectivity index (χ0) is 16.8. The third-order valence-corrected chi connectivity index (χ3v) is 3.87. The molecule has 138 valence electrons. The number of aromatic nitrogens is 1. The molecule has 0 aliphatic rings. The SMILES string of the molecule is CCNC(=NCC(CC)CC)NCCCCNc1ccccn1.I. The Morgan fingerprint density at radius 1 is 1.08 bits per heavy atom. The van der Waals surface area contributed by atoms with Gasteiger partial charge in [0.2, 0.25) is 0 Å². The van der Waals surface area contributed by atoms with Gasteiger partial charge in [0.05, 0.1) is 0 Å². The predicted molar refractivity (Wildman–Crippen MR) is 115 cm³/mol. The molecule has 0 saturated heterocycles. The standard InChI is InChI=1S/C18H33N5.HI/c1-4-16(5-2)15-23-18(19-6-3)22-14-10-9-13-21-17-11-7-8-12-20-17;/h7-8,11-12,16H,4-6,9-10,13-15H2,1-3H3,(H,20,21)(H2,19,22,23);1H. The highest BCUT2D eigenvalue weighted by molar-refractivity contribution is 14.0. The zero-order valence-electron chi connectivity index (χ0n) is 15.3. The summed E-state index contributed by atoms with van der Waals surface area (Å²) in [6.45, 7) is 10.3. The second-order valence-electron chi connectivity index (χ2n) is 5.68. The maximum absolute atomic E-state index is 4.69. The number of anilines is 1. The third kappa shape index (κ3) is 10.7. The van der Waals surface area contributed by atoms with E-state index in [2.05, 4.69) is 46.7 Å². The maximum atomic E-state index is 4.69. The number of hydrogen-bond acceptors (Lipinski definition) is 3. The number of halogens is 1. The monoisotopic (exact) mass is 447 g/mol. The fourth-order valence-electron chi connectivity index (χ4n) is 2.25. The molecule has 0 aliphatic heterocycles. The van der Waals surface area contributed by atoms with Crippen molar-refractivity contribution in [1.82, 2.24) is 15.6 Å². The summed E-state index contributed by atoms with van der Waals surface area (Å²) in [6, 6.07) is 5.92. The Morgan fingerprint density at radius 3 is 2.46 bits per heavy atom. The first-order valence-electron chi connectivity index (χ1n) is 8.97. The lowest BCUT2D eigenvalue weighted by atomic mass is 10.0. The van der Waals surface area contributed by atoms with Gasteiger partial charge in [0, 0.05) is 32.4 Å². The molecule has 0 unspecified atom stereocenters. The van der Waals surface area contributed by atoms with Crippen molar-refractivity contribution in [2.24, 2.45) is 10.9 Å². The molecule has 1 aromatic heterocycles. The van der Waals surface area contributed by atoms with Crippen molar-refractivity contribution in [3.8, 4) is 0 Å². The summed E-state index contributed by atoms with van der Waals surface area (Å²) in [6.07, 6.45) is 6.41. The van der Waals surface area contributed by atoms with Crippen molar-refractivity contribution in [3.05, 3.63) is 24.4 Å². The van der Waals surface area contributed by atoms with E-state index < -0.39 is 0 Å². The first-order valence-corrected chi connectivity index (χ1v) is 8.97. The molecular weight excluding hydrogens is 413 g/mol. The Hall–Kier alpha value is -1.05. The van der Waals surface area contributed by atoms with Gasteiger partial charge in [-0.2, -0.15) is 0 Å². The lowest BCUT2D eigenvalue weighted by Crippen LogP contribution is -2.38. The van der Waals surface area contributed by atoms with Crippen LogP contribution in [0.25, 0.3) is 0 Å². The van der Waals surface area contributed by atoms with Crippen LogP contribution in [-0.2, 0) is 0 Å². The predicted octanol–water partition coefficient (Wildman–Crippen LogP) is 3.88. The Bertz CT molecular complexity index is 421. The summed E-state index contributed by atoms with van der Waals surface area (Å²) in [7, 11) is 0. The number of guanidine groups is 1. The second-order valence-corrected chi connectivity index (χ2v) is 5.68. The minimum absolute atomic E-state index is 0. The van der Waals surface area contributed by atoms with E-state index in [-0.39, 0.29) is 24.0 Å². The van der Waals surface area contributed by atoms with Crippen LogP contribution in [0, 0.1) is 5.92 Å². The molecule has 0 atom stereocenters. The van der Waals surface area contributed by atoms with E-state index in [9.17, 15) is 0 Å². The van der Waals surface area contributed by atoms with Gasteiger partial charge in [-0.05, 0) is 37.8 Å². The van der Waals surface area contributed by atoms with Crippen LogP contribution < -0.4 is 16.0 Å². The summed E-state index contributed by atoms with van der Waals surface area (Å²) in [5.41, 5.74) is 0. The normalized spacial score (nSPS) is 11.1. The van der Waals surface area contributed by atoms with Crippen LogP contribution in [0.15, 0.2) is 29.4 Å². The topological polar surface area (TPSA) is 61.3 Å². The van der Waals surface area contributed by atoms with Gasteiger partial charge in [0.1, 0.15) is 5.82 Å². The summed E-state index contributed by atoms with van der Waals surface area (Å²) < 4.78 is 0. The fraction of sp³-hybridized carbons (Fsp3) is 0.667. The van der Waals surface area contributed by atoms with Crippen molar-refractivity contribution < 1.29 is 0 Å². The molecule has 5 nitrogen and oxygen atoms in total. The molecule has 0 spiro atoms. The van der Waals surface area contributed by atoms with Crippen molar-refractivity contribution in [2.75, 3.05) is 31.5 Å². The highest BCUT2D eigenvalue weighted by atomic mass is 127. The highest BCUT2D eigenvalue weighted by Gasteiger charge is 2.03. The van der Waals surface area contributed by atoms with E-state index >= 15 is 0 Å². The summed E-state index contributed by atoms with van der Waals surface area (Å²) in [5.74, 6) is 2.57. The number of nitrogens with one attached hydrogen (secondary N) is 3. The van der Waals surface area contributed by atoms with Crippen molar-refractivity contribution >= 4 is 35.8 Å². The van der Waals surface area contributed by atoms with Crippen LogP contribution in [0.3, 0.4) is 0 Å². The Balaban J connectivity index is 0.00000529. The average molecular weight is 447 g/mol. The summed E-state index contributed by atoms with van der Waals surface area (Å²) in [5, 5.41) is 10.1. The van der Waals surface area contributed by atoms with Crippen molar-refractivity contribution in [3.63, 3.8) is 0 Å². The molecular formula is C18H34IN5. The van der Waals surface area contributed by atoms with E-state index in [0.29, 0.717) is 5.92 Å². The van der Waals surface area contributed by atoms with Gasteiger partial charge in [-0.25, -0.2) is 4.98 Å². The van der Waals surface area contributed by atoms with E-state index in [1.165, 1.54) is 12.8 Å². The smallest absolute Gasteiger partial charge is 0.191 e. The maximum Gasteiger partial charge on any atom is 0.191 e. The molecule has 0 aromatic carbocycles. The van der Waals surface area contributed by atoms with Gasteiger partial charge >= 0.3 is 0 Å². The van der Waals surface area contributed by atoms with Gasteiger partial charge in [0.25, 0.3) is 0 Å². The molecule has 0 amide bonds. The van der Waals surface area contributed by atoms with E-state index in [1.807, 2.05) is 24.4 Å². The number of pyridine rings is 1. The minimum Gasteiger partial charge on any atom is -0.370 e. The number of nitrogens with zero attached hydrogens (tertiary/aromatic N) is 2. The van der Waals surface area contributed by atoms with Crippen LogP contribution in [0.1, 0.15) is 46.5 Å². The van der Waals surface area contributed by atoms with Crippen LogP contribution >= 0.6 is 24.0 Å². The molecule has 0 aliphatic carbocycles. The lowest BCUT2D eigenvalue weighted by molar-refractivity contribution is 0.504. The summed E-state index contributed by atoms with van der Waals surface area (Å²) in [4.78, 5) is 8.94. The molecule has 1 heterocycles. The first kappa shape index (κ1) is 22.9. The quantitative estimate of drug-likeness (QED) is 0.209. The molecule has 24 heavy (non-hydrogen) atoms. The van der Waals surface area contributed by atoms with Crippen LogP contribution in [0.4, 0.5) is 5.82 Å². The van der Waals surface area contributed by atoms with Gasteiger partial charge < -0.3 is 16.0 Å². The van der Waals surface area contributed by atoms with Gasteiger partial charge in [-0.3, -0.25) is 4.99 Å². The van der Waals surface area contributed by atoms with Crippen LogP contribution in [0.5, 0.6) is 0 Å². The van der Waals surface area contributed by atoms with Crippen molar-refractivity contribution in [2.45, 2.75) is 46.5 Å². The third-order valence-electron chi connectivity index (χ3n) is 3.87. The zero-order valence-corrected chi connectivity index (χ0v) is 17.7. The fourth-order valence-corrected chi connectivity index (χ4v) is 2.25. The minimum atomic E-state index is 0. The Morgan fingerprint density at radius 2 is 1.83 bits per heavy atom. The largest absolute Gasteiger partial charge is 0.370 e. The molecule has 0 fully saturated rings. The lowest BCUT2D eigenvalue weighted by Gasteiger charge is -2.14. The molecule has 0 radical (unpaired) electrons. The Kier molecular flexibility index (Phi) is 14.8. The number of aliphatic imine (C=N–C) groups is 1. The van der Waals surface area contributed by atoms with E-state index in [0.717, 1.165) is 50.8 Å². The number of rotatable bonds is 11. The molecule has 0 bridgehead atoms. The van der Waals surface area contributed by atoms with Gasteiger partial charge in [-0.1, -0.05) is 32.8 Å². The molecule has 3 N–H and O–H groups in total. The average Bonchev–Trinajstić information content (AvgIpc) is 2.59. The molecule has 6 heteroatoms. The first-order chi connectivity index (χ1) is 11.3. The summed E-state index contributed by atoms with van der Waals surface area (Å²) >= 11 is 0. The van der Waals surface area contributed by atoms with Crippen LogP contribution in [0.2, 0.25) is 0 Å². The van der Waals surface area contributed by atoms with Crippen molar-refractivity contribution in [1.29, 1.82) is 0 Å². The highest BCUT2D eigenvalue weighted by Crippen LogP contribution is 2.07. The molecule has 0 saturated carbocycles. The second kappa shape index (κ2) is 15.5.